The summed E-state index contributed by atoms with van der Waals surface area (Å²) in [7, 11) is 0. The summed E-state index contributed by atoms with van der Waals surface area (Å²) in [5, 5.41) is 2.01. The number of aromatic nitrogens is 1. The fraction of sp³-hybridized carbons (Fsp3) is 0.462. The van der Waals surface area contributed by atoms with Crippen molar-refractivity contribution < 1.29 is 0 Å². The Kier molecular flexibility index (Phi) is 10.6. The number of hydrogen-bond acceptors (Lipinski definition) is 2. The maximum atomic E-state index is 4.22. The normalized spacial score (nSPS) is 7.87. The molecule has 0 aliphatic rings. The molecule has 0 saturated heterocycles. The highest BCUT2D eigenvalue weighted by Crippen LogP contribution is 2.23. The minimum atomic E-state index is 0.988. The fourth-order valence-electron chi connectivity index (χ4n) is 0.847. The van der Waals surface area contributed by atoms with Gasteiger partial charge in [0.2, 0.25) is 0 Å². The zero-order chi connectivity index (χ0) is 12.4. The molecule has 0 N–H and O–H groups in total. The summed E-state index contributed by atoms with van der Waals surface area (Å²) >= 11 is 1.45. The van der Waals surface area contributed by atoms with Crippen LogP contribution in [0.5, 0.6) is 0 Å². The summed E-state index contributed by atoms with van der Waals surface area (Å²) in [4.78, 5) is 0. The Morgan fingerprint density at radius 1 is 1.07 bits per heavy atom. The van der Waals surface area contributed by atoms with E-state index in [0.29, 0.717) is 0 Å². The molecule has 0 aliphatic heterocycles. The van der Waals surface area contributed by atoms with E-state index in [-0.39, 0.29) is 0 Å². The molecule has 0 bridgehead atoms. The Morgan fingerprint density at radius 2 is 1.53 bits per heavy atom. The van der Waals surface area contributed by atoms with Crippen molar-refractivity contribution in [3.05, 3.63) is 29.8 Å². The number of rotatable bonds is 2. The highest BCUT2D eigenvalue weighted by atomic mass is 32.1. The van der Waals surface area contributed by atoms with Crippen LogP contribution < -0.4 is 0 Å². The first-order chi connectivity index (χ1) is 7.13. The number of allylic oxidation sites excluding steroid dienone is 2. The molecule has 0 radical (unpaired) electrons. The standard InChI is InChI=1S/C9H11NS.2C2H6/c1-6(2)8-5-11-10-9(8)7(3)4;2*1-2/h5H,1,3H2,2,4H3;2*1-2H3. The molecule has 0 aliphatic carbocycles. The van der Waals surface area contributed by atoms with Gasteiger partial charge in [0.15, 0.2) is 0 Å². The van der Waals surface area contributed by atoms with Crippen LogP contribution in [0.3, 0.4) is 0 Å². The molecule has 1 rings (SSSR count). The molecule has 2 heteroatoms. The molecule has 1 aromatic heterocycles. The van der Waals surface area contributed by atoms with Crippen LogP contribution in [-0.4, -0.2) is 4.37 Å². The quantitative estimate of drug-likeness (QED) is 0.669. The van der Waals surface area contributed by atoms with Crippen molar-refractivity contribution in [1.82, 2.24) is 4.37 Å². The predicted octanol–water partition coefficient (Wildman–Crippen LogP) is 5.26. The Bertz CT molecular complexity index is 269. The van der Waals surface area contributed by atoms with Gasteiger partial charge in [0.25, 0.3) is 0 Å². The minimum absolute atomic E-state index is 0.988. The molecular weight excluding hydrogens is 202 g/mol. The van der Waals surface area contributed by atoms with Crippen molar-refractivity contribution >= 4 is 22.7 Å². The highest BCUT2D eigenvalue weighted by Gasteiger charge is 2.05. The summed E-state index contributed by atoms with van der Waals surface area (Å²) in [6.07, 6.45) is 0. The summed E-state index contributed by atoms with van der Waals surface area (Å²) < 4.78 is 4.22. The lowest BCUT2D eigenvalue weighted by molar-refractivity contribution is 1.42. The summed E-state index contributed by atoms with van der Waals surface area (Å²) in [5.74, 6) is 0. The number of hydrogen-bond donors (Lipinski definition) is 0. The van der Waals surface area contributed by atoms with Crippen LogP contribution in [0.15, 0.2) is 18.5 Å². The summed E-state index contributed by atoms with van der Waals surface area (Å²) in [5.41, 5.74) is 4.17. The van der Waals surface area contributed by atoms with Crippen LogP contribution in [0.25, 0.3) is 11.1 Å². The lowest BCUT2D eigenvalue weighted by Crippen LogP contribution is -1.83. The van der Waals surface area contributed by atoms with E-state index in [1.165, 1.54) is 11.5 Å². The van der Waals surface area contributed by atoms with Gasteiger partial charge in [0, 0.05) is 10.9 Å². The van der Waals surface area contributed by atoms with Crippen molar-refractivity contribution in [2.45, 2.75) is 41.5 Å². The second kappa shape index (κ2) is 9.66. The molecular formula is C13H23NS. The Morgan fingerprint density at radius 3 is 1.80 bits per heavy atom. The topological polar surface area (TPSA) is 12.9 Å². The first-order valence-corrected chi connectivity index (χ1v) is 6.22. The zero-order valence-electron chi connectivity index (χ0n) is 10.8. The zero-order valence-corrected chi connectivity index (χ0v) is 11.7. The molecule has 0 amide bonds. The minimum Gasteiger partial charge on any atom is -0.192 e. The van der Waals surface area contributed by atoms with Crippen LogP contribution in [0.4, 0.5) is 0 Å². The first-order valence-electron chi connectivity index (χ1n) is 5.39. The van der Waals surface area contributed by atoms with Gasteiger partial charge in [-0.25, -0.2) is 0 Å². The third-order valence-corrected chi connectivity index (χ3v) is 2.06. The van der Waals surface area contributed by atoms with Crippen molar-refractivity contribution in [2.75, 3.05) is 0 Å². The van der Waals surface area contributed by atoms with Crippen LogP contribution in [0.2, 0.25) is 0 Å². The van der Waals surface area contributed by atoms with E-state index in [0.717, 1.165) is 22.4 Å². The van der Waals surface area contributed by atoms with Crippen molar-refractivity contribution in [3.8, 4) is 0 Å². The molecule has 0 saturated carbocycles. The van der Waals surface area contributed by atoms with Crippen molar-refractivity contribution in [3.63, 3.8) is 0 Å². The average Bonchev–Trinajstić information content (AvgIpc) is 2.72. The van der Waals surface area contributed by atoms with E-state index in [1.807, 2.05) is 46.9 Å². The Hall–Kier alpha value is -0.890. The van der Waals surface area contributed by atoms with Gasteiger partial charge in [-0.15, -0.1) is 0 Å². The molecule has 0 spiro atoms. The Labute approximate surface area is 98.7 Å². The van der Waals surface area contributed by atoms with E-state index in [4.69, 9.17) is 0 Å². The van der Waals surface area contributed by atoms with Crippen molar-refractivity contribution in [2.24, 2.45) is 0 Å². The predicted molar refractivity (Wildman–Crippen MR) is 74.2 cm³/mol. The molecule has 86 valence electrons. The third kappa shape index (κ3) is 5.53. The van der Waals surface area contributed by atoms with Crippen LogP contribution in [0, 0.1) is 0 Å². The molecule has 1 heterocycles. The van der Waals surface area contributed by atoms with Gasteiger partial charge in [0.1, 0.15) is 0 Å². The van der Waals surface area contributed by atoms with Gasteiger partial charge in [-0.2, -0.15) is 4.37 Å². The molecule has 1 aromatic rings. The van der Waals surface area contributed by atoms with Gasteiger partial charge in [-0.1, -0.05) is 40.9 Å². The second-order valence-electron chi connectivity index (χ2n) is 2.64. The molecule has 0 atom stereocenters. The lowest BCUT2D eigenvalue weighted by atomic mass is 10.1. The fourth-order valence-corrected chi connectivity index (χ4v) is 1.68. The molecule has 1 nitrogen and oxygen atoms in total. The maximum Gasteiger partial charge on any atom is 0.0866 e. The van der Waals surface area contributed by atoms with Gasteiger partial charge in [-0.3, -0.25) is 0 Å². The molecule has 0 fully saturated rings. The largest absolute Gasteiger partial charge is 0.192 e. The SMILES string of the molecule is C=C(C)c1csnc1C(=C)C.CC.CC. The smallest absolute Gasteiger partial charge is 0.0866 e. The third-order valence-electron chi connectivity index (χ3n) is 1.43. The lowest BCUT2D eigenvalue weighted by Gasteiger charge is -1.98. The van der Waals surface area contributed by atoms with Gasteiger partial charge in [-0.05, 0) is 36.5 Å². The van der Waals surface area contributed by atoms with E-state index >= 15 is 0 Å². The van der Waals surface area contributed by atoms with E-state index in [9.17, 15) is 0 Å². The van der Waals surface area contributed by atoms with Crippen LogP contribution in [-0.2, 0) is 0 Å². The molecule has 0 unspecified atom stereocenters. The monoisotopic (exact) mass is 225 g/mol. The highest BCUT2D eigenvalue weighted by molar-refractivity contribution is 7.03. The van der Waals surface area contributed by atoms with Gasteiger partial charge < -0.3 is 0 Å². The molecule has 15 heavy (non-hydrogen) atoms. The molecule has 0 aromatic carbocycles. The van der Waals surface area contributed by atoms with E-state index in [2.05, 4.69) is 17.5 Å². The Balaban J connectivity index is 0. The van der Waals surface area contributed by atoms with Crippen LogP contribution in [0.1, 0.15) is 52.8 Å². The second-order valence-corrected chi connectivity index (χ2v) is 3.27. The van der Waals surface area contributed by atoms with Crippen LogP contribution >= 0.6 is 11.5 Å². The van der Waals surface area contributed by atoms with E-state index in [1.54, 1.807) is 0 Å². The van der Waals surface area contributed by atoms with Crippen molar-refractivity contribution in [1.29, 1.82) is 0 Å². The van der Waals surface area contributed by atoms with Gasteiger partial charge in [0.05, 0.1) is 5.69 Å². The summed E-state index contributed by atoms with van der Waals surface area (Å²) in [6, 6.07) is 0. The maximum absolute atomic E-state index is 4.22. The number of nitrogens with zero attached hydrogens (tertiary/aromatic N) is 1. The summed E-state index contributed by atoms with van der Waals surface area (Å²) in [6.45, 7) is 19.7. The first kappa shape index (κ1) is 16.5. The van der Waals surface area contributed by atoms with Gasteiger partial charge >= 0.3 is 0 Å². The van der Waals surface area contributed by atoms with E-state index < -0.39 is 0 Å². The average molecular weight is 225 g/mol.